The van der Waals surface area contributed by atoms with Crippen molar-refractivity contribution in [1.82, 2.24) is 4.98 Å². The van der Waals surface area contributed by atoms with E-state index in [0.29, 0.717) is 0 Å². The lowest BCUT2D eigenvalue weighted by Gasteiger charge is -1.94. The molecule has 0 aliphatic rings. The molecular weight excluding hydrogens is 192 g/mol. The molecule has 0 aliphatic carbocycles. The number of hydrogen-bond donors (Lipinski definition) is 2. The van der Waals surface area contributed by atoms with Crippen LogP contribution in [0, 0.1) is 0 Å². The second kappa shape index (κ2) is 4.24. The van der Waals surface area contributed by atoms with Gasteiger partial charge >= 0.3 is 0 Å². The smallest absolute Gasteiger partial charge is 0.0465 e. The van der Waals surface area contributed by atoms with Crippen molar-refractivity contribution in [3.05, 3.63) is 42.7 Å². The van der Waals surface area contributed by atoms with Gasteiger partial charge in [0.05, 0.1) is 0 Å². The number of aromatic amines is 1. The van der Waals surface area contributed by atoms with Crippen molar-refractivity contribution in [2.75, 3.05) is 5.75 Å². The Morgan fingerprint density at radius 2 is 2.21 bits per heavy atom. The van der Waals surface area contributed by atoms with Gasteiger partial charge < -0.3 is 10.7 Å². The van der Waals surface area contributed by atoms with Gasteiger partial charge in [-0.3, -0.25) is 0 Å². The number of thioether (sulfide) groups is 1. The number of fused-ring (bicyclic) bond motifs is 1. The van der Waals surface area contributed by atoms with Crippen LogP contribution in [-0.4, -0.2) is 10.7 Å². The highest BCUT2D eigenvalue weighted by atomic mass is 32.2. The normalized spacial score (nSPS) is 11.4. The zero-order chi connectivity index (χ0) is 9.80. The Morgan fingerprint density at radius 1 is 1.36 bits per heavy atom. The molecule has 0 spiro atoms. The summed E-state index contributed by atoms with van der Waals surface area (Å²) in [6.07, 6.45) is 5.58. The average Bonchev–Trinajstić information content (AvgIpc) is 2.63. The van der Waals surface area contributed by atoms with Crippen LogP contribution in [0.25, 0.3) is 10.9 Å². The number of H-pyrrole nitrogens is 1. The van der Waals surface area contributed by atoms with Crippen molar-refractivity contribution in [1.29, 1.82) is 0 Å². The van der Waals surface area contributed by atoms with Gasteiger partial charge in [0.2, 0.25) is 0 Å². The van der Waals surface area contributed by atoms with Crippen LogP contribution in [-0.2, 0) is 0 Å². The van der Waals surface area contributed by atoms with Crippen LogP contribution >= 0.6 is 11.8 Å². The SMILES string of the molecule is NC=CCSc1c[nH]c2ccccc12. The van der Waals surface area contributed by atoms with Crippen molar-refractivity contribution < 1.29 is 0 Å². The largest absolute Gasteiger partial charge is 0.405 e. The lowest BCUT2D eigenvalue weighted by atomic mass is 10.2. The van der Waals surface area contributed by atoms with E-state index in [4.69, 9.17) is 5.73 Å². The second-order valence-electron chi connectivity index (χ2n) is 2.94. The van der Waals surface area contributed by atoms with Gasteiger partial charge in [-0.05, 0) is 12.3 Å². The van der Waals surface area contributed by atoms with E-state index >= 15 is 0 Å². The van der Waals surface area contributed by atoms with E-state index in [2.05, 4.69) is 23.2 Å². The molecule has 3 N–H and O–H groups in total. The first kappa shape index (κ1) is 9.21. The summed E-state index contributed by atoms with van der Waals surface area (Å²) < 4.78 is 0. The molecule has 2 nitrogen and oxygen atoms in total. The van der Waals surface area contributed by atoms with Crippen molar-refractivity contribution in [3.8, 4) is 0 Å². The predicted octanol–water partition coefficient (Wildman–Crippen LogP) is 2.73. The third-order valence-electron chi connectivity index (χ3n) is 2.02. The van der Waals surface area contributed by atoms with E-state index in [1.165, 1.54) is 15.8 Å². The molecule has 0 radical (unpaired) electrons. The van der Waals surface area contributed by atoms with Gasteiger partial charge in [-0.1, -0.05) is 24.3 Å². The first-order valence-electron chi connectivity index (χ1n) is 4.47. The molecular formula is C11H12N2S. The van der Waals surface area contributed by atoms with Crippen LogP contribution < -0.4 is 5.73 Å². The van der Waals surface area contributed by atoms with Gasteiger partial charge in [-0.2, -0.15) is 0 Å². The number of para-hydroxylation sites is 1. The summed E-state index contributed by atoms with van der Waals surface area (Å²) in [6.45, 7) is 0. The van der Waals surface area contributed by atoms with Crippen LogP contribution in [0.15, 0.2) is 47.6 Å². The first-order valence-corrected chi connectivity index (χ1v) is 5.46. The van der Waals surface area contributed by atoms with E-state index < -0.39 is 0 Å². The van der Waals surface area contributed by atoms with Crippen LogP contribution in [0.5, 0.6) is 0 Å². The van der Waals surface area contributed by atoms with E-state index in [-0.39, 0.29) is 0 Å². The van der Waals surface area contributed by atoms with Gasteiger partial charge in [-0.15, -0.1) is 11.8 Å². The van der Waals surface area contributed by atoms with Gasteiger partial charge in [-0.25, -0.2) is 0 Å². The third kappa shape index (κ3) is 1.77. The quantitative estimate of drug-likeness (QED) is 0.755. The fraction of sp³-hybridized carbons (Fsp3) is 0.0909. The van der Waals surface area contributed by atoms with Crippen LogP contribution in [0.2, 0.25) is 0 Å². The second-order valence-corrected chi connectivity index (χ2v) is 4.00. The molecule has 14 heavy (non-hydrogen) atoms. The maximum Gasteiger partial charge on any atom is 0.0465 e. The number of nitrogens with two attached hydrogens (primary N) is 1. The summed E-state index contributed by atoms with van der Waals surface area (Å²) in [4.78, 5) is 4.52. The molecule has 72 valence electrons. The Balaban J connectivity index is 2.25. The lowest BCUT2D eigenvalue weighted by Crippen LogP contribution is -1.78. The molecule has 3 heteroatoms. The number of benzene rings is 1. The average molecular weight is 204 g/mol. The standard InChI is InChI=1S/C11H12N2S/c12-6-3-7-14-11-8-13-10-5-2-1-4-9(10)11/h1-6,8,13H,7,12H2. The third-order valence-corrected chi connectivity index (χ3v) is 3.03. The molecule has 2 rings (SSSR count). The highest BCUT2D eigenvalue weighted by Crippen LogP contribution is 2.27. The Labute approximate surface area is 87.2 Å². The lowest BCUT2D eigenvalue weighted by molar-refractivity contribution is 1.41. The molecule has 2 aromatic rings. The van der Waals surface area contributed by atoms with E-state index in [0.717, 1.165) is 5.75 Å². The summed E-state index contributed by atoms with van der Waals surface area (Å²) in [5.41, 5.74) is 6.47. The molecule has 0 aliphatic heterocycles. The molecule has 1 heterocycles. The Morgan fingerprint density at radius 3 is 3.07 bits per heavy atom. The summed E-state index contributed by atoms with van der Waals surface area (Å²) >= 11 is 1.78. The number of nitrogens with one attached hydrogen (secondary N) is 1. The minimum absolute atomic E-state index is 0.915. The zero-order valence-corrected chi connectivity index (χ0v) is 8.55. The van der Waals surface area contributed by atoms with E-state index in [1.807, 2.05) is 18.3 Å². The van der Waals surface area contributed by atoms with Crippen molar-refractivity contribution in [2.45, 2.75) is 4.90 Å². The van der Waals surface area contributed by atoms with E-state index in [1.54, 1.807) is 18.0 Å². The molecule has 0 fully saturated rings. The van der Waals surface area contributed by atoms with Gasteiger partial charge in [0.25, 0.3) is 0 Å². The molecule has 0 saturated carbocycles. The topological polar surface area (TPSA) is 41.8 Å². The minimum atomic E-state index is 0.915. The highest BCUT2D eigenvalue weighted by molar-refractivity contribution is 7.99. The molecule has 1 aromatic heterocycles. The van der Waals surface area contributed by atoms with Crippen molar-refractivity contribution in [3.63, 3.8) is 0 Å². The van der Waals surface area contributed by atoms with Gasteiger partial charge in [0.1, 0.15) is 0 Å². The fourth-order valence-electron chi connectivity index (χ4n) is 1.36. The monoisotopic (exact) mass is 204 g/mol. The van der Waals surface area contributed by atoms with Gasteiger partial charge in [0, 0.05) is 27.7 Å². The summed E-state index contributed by atoms with van der Waals surface area (Å²) in [5.74, 6) is 0.915. The maximum atomic E-state index is 5.28. The molecule has 0 saturated heterocycles. The maximum absolute atomic E-state index is 5.28. The van der Waals surface area contributed by atoms with Crippen molar-refractivity contribution in [2.24, 2.45) is 5.73 Å². The van der Waals surface area contributed by atoms with Crippen LogP contribution in [0.4, 0.5) is 0 Å². The Bertz CT molecular complexity index is 445. The van der Waals surface area contributed by atoms with E-state index in [9.17, 15) is 0 Å². The molecule has 0 bridgehead atoms. The molecule has 0 unspecified atom stereocenters. The Kier molecular flexibility index (Phi) is 2.79. The molecule has 1 aromatic carbocycles. The number of hydrogen-bond acceptors (Lipinski definition) is 2. The predicted molar refractivity (Wildman–Crippen MR) is 62.4 cm³/mol. The number of aromatic nitrogens is 1. The summed E-state index contributed by atoms with van der Waals surface area (Å²) in [6, 6.07) is 8.30. The molecule has 0 amide bonds. The minimum Gasteiger partial charge on any atom is -0.405 e. The fourth-order valence-corrected chi connectivity index (χ4v) is 2.22. The summed E-state index contributed by atoms with van der Waals surface area (Å²) in [7, 11) is 0. The first-order chi connectivity index (χ1) is 6.92. The number of rotatable bonds is 3. The highest BCUT2D eigenvalue weighted by Gasteiger charge is 2.01. The van der Waals surface area contributed by atoms with Crippen LogP contribution in [0.3, 0.4) is 0 Å². The molecule has 0 atom stereocenters. The van der Waals surface area contributed by atoms with Crippen LogP contribution in [0.1, 0.15) is 0 Å². The Hall–Kier alpha value is -1.35. The van der Waals surface area contributed by atoms with Crippen molar-refractivity contribution >= 4 is 22.7 Å². The van der Waals surface area contributed by atoms with Gasteiger partial charge in [0.15, 0.2) is 0 Å². The zero-order valence-electron chi connectivity index (χ0n) is 7.73. The summed E-state index contributed by atoms with van der Waals surface area (Å²) in [5, 5.41) is 1.28.